The van der Waals surface area contributed by atoms with Gasteiger partial charge in [0.15, 0.2) is 0 Å². The minimum Gasteiger partial charge on any atom is -0.335 e. The molecule has 3 heterocycles. The molecule has 0 saturated heterocycles. The van der Waals surface area contributed by atoms with Crippen molar-refractivity contribution < 1.29 is 4.79 Å². The third-order valence-corrected chi connectivity index (χ3v) is 7.76. The first-order valence-electron chi connectivity index (χ1n) is 10.1. The zero-order valence-electron chi connectivity index (χ0n) is 15.5. The SMILES string of the molecule is C[C@H]1c2cccn2-c2sc3c(c2CN1C(=O)NC1CCCC1)CCCC3. The Hall–Kier alpha value is -1.75. The summed E-state index contributed by atoms with van der Waals surface area (Å²) in [4.78, 5) is 16.8. The molecule has 1 N–H and O–H groups in total. The van der Waals surface area contributed by atoms with Crippen molar-refractivity contribution in [2.75, 3.05) is 0 Å². The fourth-order valence-corrected chi connectivity index (χ4v) is 6.34. The minimum atomic E-state index is 0.0882. The first-order chi connectivity index (χ1) is 12.7. The molecule has 4 nitrogen and oxygen atoms in total. The Kier molecular flexibility index (Phi) is 4.07. The minimum absolute atomic E-state index is 0.0882. The molecule has 0 spiro atoms. The molecule has 5 rings (SSSR count). The van der Waals surface area contributed by atoms with E-state index >= 15 is 0 Å². The van der Waals surface area contributed by atoms with Crippen molar-refractivity contribution in [2.45, 2.75) is 76.9 Å². The summed E-state index contributed by atoms with van der Waals surface area (Å²) in [5, 5.41) is 4.66. The van der Waals surface area contributed by atoms with Gasteiger partial charge in [0.1, 0.15) is 5.00 Å². The summed E-state index contributed by atoms with van der Waals surface area (Å²) in [5.74, 6) is 0. The molecule has 0 aromatic carbocycles. The van der Waals surface area contributed by atoms with E-state index in [1.807, 2.05) is 11.3 Å². The predicted molar refractivity (Wildman–Crippen MR) is 105 cm³/mol. The van der Waals surface area contributed by atoms with E-state index in [2.05, 4.69) is 40.0 Å². The van der Waals surface area contributed by atoms with Crippen LogP contribution >= 0.6 is 11.3 Å². The first kappa shape index (κ1) is 16.4. The van der Waals surface area contributed by atoms with Gasteiger partial charge in [-0.15, -0.1) is 11.3 Å². The number of amides is 2. The molecule has 0 radical (unpaired) electrons. The van der Waals surface area contributed by atoms with Crippen molar-refractivity contribution in [1.29, 1.82) is 0 Å². The topological polar surface area (TPSA) is 37.3 Å². The van der Waals surface area contributed by atoms with Crippen molar-refractivity contribution in [3.8, 4) is 5.00 Å². The van der Waals surface area contributed by atoms with Crippen molar-refractivity contribution in [3.05, 3.63) is 40.0 Å². The molecule has 2 aromatic rings. The largest absolute Gasteiger partial charge is 0.335 e. The highest BCUT2D eigenvalue weighted by atomic mass is 32.1. The molecule has 2 aromatic heterocycles. The van der Waals surface area contributed by atoms with Gasteiger partial charge in [-0.1, -0.05) is 12.8 Å². The Morgan fingerprint density at radius 2 is 1.96 bits per heavy atom. The van der Waals surface area contributed by atoms with Gasteiger partial charge in [-0.05, 0) is 63.1 Å². The Morgan fingerprint density at radius 3 is 2.81 bits per heavy atom. The molecule has 138 valence electrons. The van der Waals surface area contributed by atoms with Crippen LogP contribution in [-0.4, -0.2) is 21.5 Å². The molecule has 26 heavy (non-hydrogen) atoms. The lowest BCUT2D eigenvalue weighted by Crippen LogP contribution is -2.44. The normalized spacial score (nSPS) is 22.5. The monoisotopic (exact) mass is 369 g/mol. The van der Waals surface area contributed by atoms with Gasteiger partial charge in [0.25, 0.3) is 0 Å². The number of aromatic nitrogens is 1. The van der Waals surface area contributed by atoms with Gasteiger partial charge in [0, 0.05) is 28.4 Å². The van der Waals surface area contributed by atoms with E-state index in [-0.39, 0.29) is 12.1 Å². The molecule has 0 bridgehead atoms. The van der Waals surface area contributed by atoms with Crippen molar-refractivity contribution in [2.24, 2.45) is 0 Å². The molecular weight excluding hydrogens is 342 g/mol. The molecule has 1 fully saturated rings. The lowest BCUT2D eigenvalue weighted by Gasteiger charge is -2.29. The molecular formula is C21H27N3OS. The van der Waals surface area contributed by atoms with Crippen LogP contribution in [0.2, 0.25) is 0 Å². The number of hydrogen-bond acceptors (Lipinski definition) is 2. The van der Waals surface area contributed by atoms with Crippen LogP contribution in [-0.2, 0) is 19.4 Å². The first-order valence-corrected chi connectivity index (χ1v) is 10.9. The predicted octanol–water partition coefficient (Wildman–Crippen LogP) is 4.95. The number of nitrogens with one attached hydrogen (secondary N) is 1. The lowest BCUT2D eigenvalue weighted by atomic mass is 9.95. The van der Waals surface area contributed by atoms with Crippen LogP contribution in [0.25, 0.3) is 5.00 Å². The molecule has 3 aliphatic rings. The summed E-state index contributed by atoms with van der Waals surface area (Å²) in [6.07, 6.45) is 11.9. The second-order valence-corrected chi connectivity index (χ2v) is 9.12. The maximum atomic E-state index is 13.2. The van der Waals surface area contributed by atoms with Gasteiger partial charge in [0.2, 0.25) is 0 Å². The standard InChI is InChI=1S/C21H27N3OS/c1-14-18-10-6-12-23(18)20-17(16-9-4-5-11-19(16)26-20)13-24(14)21(25)22-15-7-2-3-8-15/h6,10,12,14-15H,2-5,7-9,11,13H2,1H3,(H,22,25)/t14-/m0/s1. The highest BCUT2D eigenvalue weighted by molar-refractivity contribution is 7.15. The molecule has 2 aliphatic carbocycles. The van der Waals surface area contributed by atoms with E-state index in [9.17, 15) is 4.79 Å². The van der Waals surface area contributed by atoms with Gasteiger partial charge in [-0.25, -0.2) is 4.79 Å². The van der Waals surface area contributed by atoms with Gasteiger partial charge in [0.05, 0.1) is 12.6 Å². The number of hydrogen-bond donors (Lipinski definition) is 1. The summed E-state index contributed by atoms with van der Waals surface area (Å²) in [5.41, 5.74) is 4.15. The molecule has 1 atom stereocenters. The third kappa shape index (κ3) is 2.59. The summed E-state index contributed by atoms with van der Waals surface area (Å²) >= 11 is 1.95. The van der Waals surface area contributed by atoms with Crippen molar-refractivity contribution in [1.82, 2.24) is 14.8 Å². The fourth-order valence-electron chi connectivity index (χ4n) is 4.94. The Labute approximate surface area is 159 Å². The number of fused-ring (bicyclic) bond motifs is 5. The number of carbonyl (C=O) groups excluding carboxylic acids is 1. The van der Waals surface area contributed by atoms with E-state index < -0.39 is 0 Å². The highest BCUT2D eigenvalue weighted by Crippen LogP contribution is 2.42. The van der Waals surface area contributed by atoms with Crippen LogP contribution < -0.4 is 5.32 Å². The van der Waals surface area contributed by atoms with Gasteiger partial charge < -0.3 is 14.8 Å². The second-order valence-electron chi connectivity index (χ2n) is 8.03. The number of rotatable bonds is 1. The average Bonchev–Trinajstić information content (AvgIpc) is 3.37. The van der Waals surface area contributed by atoms with Crippen LogP contribution in [0.5, 0.6) is 0 Å². The van der Waals surface area contributed by atoms with E-state index in [0.717, 1.165) is 19.4 Å². The van der Waals surface area contributed by atoms with Gasteiger partial charge in [-0.3, -0.25) is 0 Å². The van der Waals surface area contributed by atoms with Crippen LogP contribution in [0.15, 0.2) is 18.3 Å². The molecule has 2 amide bonds. The van der Waals surface area contributed by atoms with E-state index in [4.69, 9.17) is 0 Å². The molecule has 1 aliphatic heterocycles. The quantitative estimate of drug-likeness (QED) is 0.759. The summed E-state index contributed by atoms with van der Waals surface area (Å²) in [7, 11) is 0. The number of thiophene rings is 1. The number of carbonyl (C=O) groups is 1. The van der Waals surface area contributed by atoms with Crippen LogP contribution in [0.3, 0.4) is 0 Å². The zero-order valence-corrected chi connectivity index (χ0v) is 16.3. The second kappa shape index (κ2) is 6.45. The van der Waals surface area contributed by atoms with Crippen LogP contribution in [0, 0.1) is 0 Å². The summed E-state index contributed by atoms with van der Waals surface area (Å²) in [6.45, 7) is 2.91. The van der Waals surface area contributed by atoms with E-state index in [1.54, 1.807) is 4.88 Å². The van der Waals surface area contributed by atoms with E-state index in [1.165, 1.54) is 60.3 Å². The Balaban J connectivity index is 1.54. The number of aryl methyl sites for hydroxylation is 1. The van der Waals surface area contributed by atoms with Crippen LogP contribution in [0.1, 0.15) is 73.2 Å². The maximum Gasteiger partial charge on any atom is 0.318 e. The number of urea groups is 1. The third-order valence-electron chi connectivity index (χ3n) is 6.43. The molecule has 1 saturated carbocycles. The highest BCUT2D eigenvalue weighted by Gasteiger charge is 2.33. The molecule has 5 heteroatoms. The van der Waals surface area contributed by atoms with Crippen molar-refractivity contribution in [3.63, 3.8) is 0 Å². The van der Waals surface area contributed by atoms with Crippen LogP contribution in [0.4, 0.5) is 4.79 Å². The van der Waals surface area contributed by atoms with Gasteiger partial charge in [-0.2, -0.15) is 0 Å². The zero-order chi connectivity index (χ0) is 17.7. The maximum absolute atomic E-state index is 13.2. The lowest BCUT2D eigenvalue weighted by molar-refractivity contribution is 0.171. The average molecular weight is 370 g/mol. The number of nitrogens with zero attached hydrogens (tertiary/aromatic N) is 2. The van der Waals surface area contributed by atoms with Crippen molar-refractivity contribution >= 4 is 17.4 Å². The molecule has 0 unspecified atom stereocenters. The summed E-state index contributed by atoms with van der Waals surface area (Å²) in [6, 6.07) is 4.85. The fraction of sp³-hybridized carbons (Fsp3) is 0.571. The summed E-state index contributed by atoms with van der Waals surface area (Å²) < 4.78 is 2.34. The van der Waals surface area contributed by atoms with Gasteiger partial charge >= 0.3 is 6.03 Å². The Morgan fingerprint density at radius 1 is 1.15 bits per heavy atom. The smallest absolute Gasteiger partial charge is 0.318 e. The Bertz CT molecular complexity index is 830. The van der Waals surface area contributed by atoms with E-state index in [0.29, 0.717) is 6.04 Å².